The molecule has 1 amide bonds. The van der Waals surface area contributed by atoms with Gasteiger partial charge in [0.2, 0.25) is 10.0 Å². The summed E-state index contributed by atoms with van der Waals surface area (Å²) in [5.74, 6) is -0.210. The van der Waals surface area contributed by atoms with Gasteiger partial charge in [0.1, 0.15) is 4.90 Å². The predicted octanol–water partition coefficient (Wildman–Crippen LogP) is 2.14. The molecule has 0 atom stereocenters. The number of hydrogen-bond acceptors (Lipinski definition) is 3. The molecule has 0 aliphatic carbocycles. The fraction of sp³-hybridized carbons (Fsp3) is 0.357. The Balaban J connectivity index is 3.06. The number of carbonyl (C=O) groups is 1. The molecule has 1 rings (SSSR count). The molecule has 0 aliphatic heterocycles. The number of carbonyl (C=O) groups excluding carboxylic acids is 1. The summed E-state index contributed by atoms with van der Waals surface area (Å²) >= 11 is 0. The fourth-order valence-electron chi connectivity index (χ4n) is 1.39. The molecule has 0 radical (unpaired) electrons. The highest BCUT2D eigenvalue weighted by Gasteiger charge is 2.19. The Bertz CT molecular complexity index is 607. The van der Waals surface area contributed by atoms with Crippen LogP contribution >= 0.6 is 0 Å². The lowest BCUT2D eigenvalue weighted by molar-refractivity contribution is -0.112. The molecule has 0 spiro atoms. The lowest BCUT2D eigenvalue weighted by Crippen LogP contribution is -2.28. The zero-order valence-corrected chi connectivity index (χ0v) is 12.8. The Kier molecular flexibility index (Phi) is 5.47. The molecule has 2 N–H and O–H groups in total. The third kappa shape index (κ3) is 4.47. The SMILES string of the molecule is C=C(C)C(=O)Nc1ccccc1S(=O)(=O)NCC(C)C. The van der Waals surface area contributed by atoms with E-state index in [0.717, 1.165) is 0 Å². The highest BCUT2D eigenvalue weighted by molar-refractivity contribution is 7.89. The summed E-state index contributed by atoms with van der Waals surface area (Å²) in [5, 5.41) is 2.55. The van der Waals surface area contributed by atoms with Crippen molar-refractivity contribution in [3.63, 3.8) is 0 Å². The van der Waals surface area contributed by atoms with Crippen LogP contribution in [0.4, 0.5) is 5.69 Å². The molecule has 0 saturated heterocycles. The van der Waals surface area contributed by atoms with Crippen molar-refractivity contribution in [2.24, 2.45) is 5.92 Å². The van der Waals surface area contributed by atoms with Gasteiger partial charge in [0.25, 0.3) is 5.91 Å². The van der Waals surface area contributed by atoms with E-state index in [1.807, 2.05) is 13.8 Å². The van der Waals surface area contributed by atoms with E-state index in [2.05, 4.69) is 16.6 Å². The molecule has 0 aromatic heterocycles. The van der Waals surface area contributed by atoms with Gasteiger partial charge in [-0.25, -0.2) is 13.1 Å². The normalized spacial score (nSPS) is 11.4. The van der Waals surface area contributed by atoms with Gasteiger partial charge in [0, 0.05) is 12.1 Å². The van der Waals surface area contributed by atoms with Crippen molar-refractivity contribution in [3.05, 3.63) is 36.4 Å². The van der Waals surface area contributed by atoms with Crippen LogP contribution < -0.4 is 10.0 Å². The Morgan fingerprint density at radius 3 is 2.45 bits per heavy atom. The number of benzene rings is 1. The summed E-state index contributed by atoms with van der Waals surface area (Å²) in [6.07, 6.45) is 0. The smallest absolute Gasteiger partial charge is 0.250 e. The molecular formula is C14H20N2O3S. The molecule has 1 aromatic rings. The van der Waals surface area contributed by atoms with Crippen molar-refractivity contribution in [2.45, 2.75) is 25.7 Å². The van der Waals surface area contributed by atoms with Gasteiger partial charge in [-0.3, -0.25) is 4.79 Å². The number of hydrogen-bond donors (Lipinski definition) is 2. The predicted molar refractivity (Wildman–Crippen MR) is 79.9 cm³/mol. The van der Waals surface area contributed by atoms with Gasteiger partial charge in [-0.15, -0.1) is 0 Å². The van der Waals surface area contributed by atoms with Gasteiger partial charge in [0.15, 0.2) is 0 Å². The second-order valence-corrected chi connectivity index (χ2v) is 6.71. The minimum absolute atomic E-state index is 0.0512. The first-order chi connectivity index (χ1) is 9.24. The number of para-hydroxylation sites is 1. The van der Waals surface area contributed by atoms with Crippen molar-refractivity contribution in [2.75, 3.05) is 11.9 Å². The van der Waals surface area contributed by atoms with Crippen LogP contribution in [-0.2, 0) is 14.8 Å². The fourth-order valence-corrected chi connectivity index (χ4v) is 2.76. The number of rotatable bonds is 6. The van der Waals surface area contributed by atoms with Crippen molar-refractivity contribution in [1.82, 2.24) is 4.72 Å². The van der Waals surface area contributed by atoms with Crippen molar-refractivity contribution < 1.29 is 13.2 Å². The molecule has 0 heterocycles. The maximum atomic E-state index is 12.2. The van der Waals surface area contributed by atoms with Crippen LogP contribution in [0.1, 0.15) is 20.8 Å². The van der Waals surface area contributed by atoms with Gasteiger partial charge in [0.05, 0.1) is 5.69 Å². The summed E-state index contributed by atoms with van der Waals surface area (Å²) < 4.78 is 27.0. The lowest BCUT2D eigenvalue weighted by atomic mass is 10.2. The molecule has 0 aliphatic rings. The third-order valence-corrected chi connectivity index (χ3v) is 3.98. The van der Waals surface area contributed by atoms with Crippen molar-refractivity contribution in [1.29, 1.82) is 0 Å². The van der Waals surface area contributed by atoms with Gasteiger partial charge in [-0.2, -0.15) is 0 Å². The van der Waals surface area contributed by atoms with Crippen LogP contribution in [0.2, 0.25) is 0 Å². The van der Waals surface area contributed by atoms with Crippen molar-refractivity contribution >= 4 is 21.6 Å². The number of sulfonamides is 1. The monoisotopic (exact) mass is 296 g/mol. The van der Waals surface area contributed by atoms with Crippen LogP contribution in [-0.4, -0.2) is 20.9 Å². The first-order valence-electron chi connectivity index (χ1n) is 6.29. The number of anilines is 1. The van der Waals surface area contributed by atoms with Crippen molar-refractivity contribution in [3.8, 4) is 0 Å². The summed E-state index contributed by atoms with van der Waals surface area (Å²) in [4.78, 5) is 11.7. The van der Waals surface area contributed by atoms with Crippen LogP contribution in [0.15, 0.2) is 41.3 Å². The topological polar surface area (TPSA) is 75.3 Å². The van der Waals surface area contributed by atoms with E-state index >= 15 is 0 Å². The standard InChI is InChI=1S/C14H20N2O3S/c1-10(2)9-15-20(18,19)13-8-6-5-7-12(13)16-14(17)11(3)4/h5-8,10,15H,3,9H2,1-2,4H3,(H,16,17). The number of nitrogens with one attached hydrogen (secondary N) is 2. The molecule has 5 nitrogen and oxygen atoms in total. The second kappa shape index (κ2) is 6.67. The van der Waals surface area contributed by atoms with Gasteiger partial charge in [-0.05, 0) is 25.0 Å². The van der Waals surface area contributed by atoms with E-state index in [1.54, 1.807) is 25.1 Å². The van der Waals surface area contributed by atoms with Crippen LogP contribution in [0.3, 0.4) is 0 Å². The summed E-state index contributed by atoms with van der Waals surface area (Å²) in [6.45, 7) is 9.25. The first kappa shape index (κ1) is 16.4. The average molecular weight is 296 g/mol. The molecular weight excluding hydrogens is 276 g/mol. The highest BCUT2D eigenvalue weighted by Crippen LogP contribution is 2.21. The van der Waals surface area contributed by atoms with Crippen LogP contribution in [0.25, 0.3) is 0 Å². The zero-order valence-electron chi connectivity index (χ0n) is 11.9. The Hall–Kier alpha value is -1.66. The second-order valence-electron chi connectivity index (χ2n) is 4.98. The van der Waals surface area contributed by atoms with E-state index in [4.69, 9.17) is 0 Å². The molecule has 20 heavy (non-hydrogen) atoms. The molecule has 0 bridgehead atoms. The molecule has 6 heteroatoms. The zero-order chi connectivity index (χ0) is 15.3. The summed E-state index contributed by atoms with van der Waals surface area (Å²) in [6, 6.07) is 6.28. The average Bonchev–Trinajstić information content (AvgIpc) is 2.37. The quantitative estimate of drug-likeness (QED) is 0.790. The van der Waals surface area contributed by atoms with Gasteiger partial charge in [-0.1, -0.05) is 32.6 Å². The van der Waals surface area contributed by atoms with Crippen LogP contribution in [0, 0.1) is 5.92 Å². The first-order valence-corrected chi connectivity index (χ1v) is 7.78. The van der Waals surface area contributed by atoms with E-state index in [1.165, 1.54) is 6.07 Å². The lowest BCUT2D eigenvalue weighted by Gasteiger charge is -2.13. The van der Waals surface area contributed by atoms with E-state index in [9.17, 15) is 13.2 Å². The number of amides is 1. The Morgan fingerprint density at radius 2 is 1.90 bits per heavy atom. The van der Waals surface area contributed by atoms with Crippen LogP contribution in [0.5, 0.6) is 0 Å². The molecule has 0 fully saturated rings. The van der Waals surface area contributed by atoms with E-state index in [0.29, 0.717) is 12.1 Å². The minimum Gasteiger partial charge on any atom is -0.321 e. The van der Waals surface area contributed by atoms with E-state index < -0.39 is 15.9 Å². The summed E-state index contributed by atoms with van der Waals surface area (Å²) in [5.41, 5.74) is 0.559. The third-order valence-electron chi connectivity index (χ3n) is 2.49. The molecule has 1 aromatic carbocycles. The largest absolute Gasteiger partial charge is 0.321 e. The molecule has 110 valence electrons. The highest BCUT2D eigenvalue weighted by atomic mass is 32.2. The molecule has 0 saturated carbocycles. The van der Waals surface area contributed by atoms with Gasteiger partial charge >= 0.3 is 0 Å². The molecule has 0 unspecified atom stereocenters. The summed E-state index contributed by atoms with van der Waals surface area (Å²) in [7, 11) is -3.65. The maximum Gasteiger partial charge on any atom is 0.250 e. The van der Waals surface area contributed by atoms with E-state index in [-0.39, 0.29) is 16.5 Å². The van der Waals surface area contributed by atoms with Gasteiger partial charge < -0.3 is 5.32 Å². The minimum atomic E-state index is -3.65. The Morgan fingerprint density at radius 1 is 1.30 bits per heavy atom. The maximum absolute atomic E-state index is 12.2. The Labute approximate surface area is 120 Å².